The van der Waals surface area contributed by atoms with Gasteiger partial charge in [-0.05, 0) is 37.1 Å². The van der Waals surface area contributed by atoms with E-state index in [-0.39, 0.29) is 11.0 Å². The van der Waals surface area contributed by atoms with Gasteiger partial charge in [0.05, 0.1) is 17.2 Å². The largest absolute Gasteiger partial charge is 0.487 e. The number of hydrogen-bond donors (Lipinski definition) is 1. The Balaban J connectivity index is 1.53. The summed E-state index contributed by atoms with van der Waals surface area (Å²) in [6.45, 7) is 1.17. The highest BCUT2D eigenvalue weighted by Gasteiger charge is 2.18. The van der Waals surface area contributed by atoms with E-state index in [4.69, 9.17) is 14.2 Å². The predicted molar refractivity (Wildman–Crippen MR) is 114 cm³/mol. The molecule has 1 aromatic carbocycles. The Kier molecular flexibility index (Phi) is 6.16. The van der Waals surface area contributed by atoms with Gasteiger partial charge in [-0.3, -0.25) is 0 Å². The Morgan fingerprint density at radius 2 is 2.07 bits per heavy atom. The molecule has 158 valence electrons. The van der Waals surface area contributed by atoms with Crippen molar-refractivity contribution in [3.05, 3.63) is 48.1 Å². The summed E-state index contributed by atoms with van der Waals surface area (Å²) in [5.74, 6) is 2.01. The Bertz CT molecular complexity index is 1080. The summed E-state index contributed by atoms with van der Waals surface area (Å²) in [4.78, 5) is 8.87. The number of rotatable bonds is 8. The minimum atomic E-state index is -3.26. The van der Waals surface area contributed by atoms with Crippen molar-refractivity contribution in [2.75, 3.05) is 24.8 Å². The monoisotopic (exact) mass is 447 g/mol. The molecule has 0 saturated carbocycles. The molecule has 0 radical (unpaired) electrons. The van der Waals surface area contributed by atoms with Crippen LogP contribution < -0.4 is 14.8 Å². The van der Waals surface area contributed by atoms with E-state index in [1.165, 1.54) is 29.7 Å². The maximum Gasteiger partial charge on any atom is 0.188 e. The molecular formula is C20H21N3O5S2. The van der Waals surface area contributed by atoms with Crippen LogP contribution in [-0.2, 0) is 14.6 Å². The average Bonchev–Trinajstić information content (AvgIpc) is 3.42. The third-order valence-corrected chi connectivity index (χ3v) is 6.24. The zero-order valence-electron chi connectivity index (χ0n) is 16.3. The van der Waals surface area contributed by atoms with E-state index >= 15 is 0 Å². The molecule has 0 spiro atoms. The molecule has 1 aliphatic rings. The number of nitrogens with zero attached hydrogens (tertiary/aromatic N) is 2. The lowest BCUT2D eigenvalue weighted by molar-refractivity contribution is 0.0680. The molecule has 1 N–H and O–H groups in total. The SMILES string of the molecule is CS(=O)(=O)c1ccc(Oc2cnc(Nc3nccs3)c(OCC3CCCO3)c2)cc1. The van der Waals surface area contributed by atoms with Gasteiger partial charge in [-0.2, -0.15) is 0 Å². The molecule has 0 amide bonds. The van der Waals surface area contributed by atoms with Gasteiger partial charge in [-0.15, -0.1) is 11.3 Å². The Morgan fingerprint density at radius 1 is 1.23 bits per heavy atom. The van der Waals surface area contributed by atoms with Crippen LogP contribution in [0.15, 0.2) is 53.0 Å². The van der Waals surface area contributed by atoms with Crippen LogP contribution in [0.1, 0.15) is 12.8 Å². The van der Waals surface area contributed by atoms with Crippen LogP contribution in [0.5, 0.6) is 17.2 Å². The van der Waals surface area contributed by atoms with Gasteiger partial charge in [0, 0.05) is 30.5 Å². The number of thiazole rings is 1. The quantitative estimate of drug-likeness (QED) is 0.552. The van der Waals surface area contributed by atoms with E-state index < -0.39 is 9.84 Å². The van der Waals surface area contributed by atoms with Crippen LogP contribution in [0.25, 0.3) is 0 Å². The van der Waals surface area contributed by atoms with E-state index in [1.807, 2.05) is 5.38 Å². The molecule has 0 bridgehead atoms. The van der Waals surface area contributed by atoms with Crippen LogP contribution in [-0.4, -0.2) is 44.0 Å². The molecule has 30 heavy (non-hydrogen) atoms. The van der Waals surface area contributed by atoms with Gasteiger partial charge in [0.2, 0.25) is 0 Å². The van der Waals surface area contributed by atoms with Gasteiger partial charge < -0.3 is 19.5 Å². The van der Waals surface area contributed by atoms with Gasteiger partial charge >= 0.3 is 0 Å². The first-order valence-electron chi connectivity index (χ1n) is 9.36. The number of anilines is 2. The molecule has 3 aromatic rings. The molecule has 1 fully saturated rings. The second-order valence-electron chi connectivity index (χ2n) is 6.77. The summed E-state index contributed by atoms with van der Waals surface area (Å²) in [5, 5.41) is 5.72. The van der Waals surface area contributed by atoms with Crippen LogP contribution >= 0.6 is 11.3 Å². The number of nitrogens with one attached hydrogen (secondary N) is 1. The highest BCUT2D eigenvalue weighted by Crippen LogP contribution is 2.33. The van der Waals surface area contributed by atoms with Crippen LogP contribution in [0.4, 0.5) is 10.9 Å². The molecule has 0 aliphatic carbocycles. The van der Waals surface area contributed by atoms with Crippen LogP contribution in [0, 0.1) is 0 Å². The van der Waals surface area contributed by atoms with Crippen molar-refractivity contribution < 1.29 is 22.6 Å². The fraction of sp³-hybridized carbons (Fsp3) is 0.300. The molecule has 1 atom stereocenters. The standard InChI is InChI=1S/C20H21N3O5S2/c1-30(24,25)17-6-4-14(5-7-17)28-16-11-18(27-13-15-3-2-9-26-15)19(22-12-16)23-20-21-8-10-29-20/h4-8,10-12,15H,2-3,9,13H2,1H3,(H,21,22,23). The van der Waals surface area contributed by atoms with Crippen LogP contribution in [0.2, 0.25) is 0 Å². The summed E-state index contributed by atoms with van der Waals surface area (Å²) in [5.41, 5.74) is 0. The molecule has 1 saturated heterocycles. The van der Waals surface area contributed by atoms with E-state index in [0.717, 1.165) is 19.4 Å². The van der Waals surface area contributed by atoms with E-state index in [1.54, 1.807) is 30.6 Å². The summed E-state index contributed by atoms with van der Waals surface area (Å²) < 4.78 is 40.7. The number of benzene rings is 1. The highest BCUT2D eigenvalue weighted by molar-refractivity contribution is 7.90. The van der Waals surface area contributed by atoms with Crippen molar-refractivity contribution in [2.24, 2.45) is 0 Å². The molecular weight excluding hydrogens is 426 g/mol. The Labute approximate surface area is 178 Å². The van der Waals surface area contributed by atoms with E-state index in [0.29, 0.717) is 34.8 Å². The molecule has 1 aliphatic heterocycles. The van der Waals surface area contributed by atoms with E-state index in [9.17, 15) is 8.42 Å². The molecule has 2 aromatic heterocycles. The minimum Gasteiger partial charge on any atom is -0.487 e. The van der Waals surface area contributed by atoms with Gasteiger partial charge in [0.15, 0.2) is 26.5 Å². The predicted octanol–water partition coefficient (Wildman–Crippen LogP) is 4.04. The number of aromatic nitrogens is 2. The molecule has 3 heterocycles. The number of hydrogen-bond acceptors (Lipinski definition) is 9. The van der Waals surface area contributed by atoms with Crippen molar-refractivity contribution in [1.29, 1.82) is 0 Å². The van der Waals surface area contributed by atoms with E-state index in [2.05, 4.69) is 15.3 Å². The molecule has 10 heteroatoms. The third kappa shape index (κ3) is 5.26. The van der Waals surface area contributed by atoms with Gasteiger partial charge in [-0.1, -0.05) is 0 Å². The lowest BCUT2D eigenvalue weighted by atomic mass is 10.2. The summed E-state index contributed by atoms with van der Waals surface area (Å²) in [7, 11) is -3.26. The smallest absolute Gasteiger partial charge is 0.188 e. The first kappa shape index (κ1) is 20.6. The van der Waals surface area contributed by atoms with Gasteiger partial charge in [0.25, 0.3) is 0 Å². The molecule has 4 rings (SSSR count). The maximum absolute atomic E-state index is 11.6. The number of pyridine rings is 1. The maximum atomic E-state index is 11.6. The minimum absolute atomic E-state index is 0.0609. The fourth-order valence-corrected chi connectivity index (χ4v) is 4.08. The van der Waals surface area contributed by atoms with Gasteiger partial charge in [0.1, 0.15) is 18.1 Å². The molecule has 8 nitrogen and oxygen atoms in total. The van der Waals surface area contributed by atoms with Crippen molar-refractivity contribution in [1.82, 2.24) is 9.97 Å². The fourth-order valence-electron chi connectivity index (χ4n) is 2.92. The number of ether oxygens (including phenoxy) is 3. The zero-order valence-corrected chi connectivity index (χ0v) is 17.9. The van der Waals surface area contributed by atoms with Crippen molar-refractivity contribution >= 4 is 32.1 Å². The lowest BCUT2D eigenvalue weighted by Crippen LogP contribution is -2.17. The summed E-state index contributed by atoms with van der Waals surface area (Å²) in [6, 6.07) is 7.95. The zero-order chi connectivity index (χ0) is 21.0. The van der Waals surface area contributed by atoms with Gasteiger partial charge in [-0.25, -0.2) is 18.4 Å². The van der Waals surface area contributed by atoms with Crippen molar-refractivity contribution in [2.45, 2.75) is 23.8 Å². The second-order valence-corrected chi connectivity index (χ2v) is 9.68. The summed E-state index contributed by atoms with van der Waals surface area (Å²) >= 11 is 1.46. The third-order valence-electron chi connectivity index (χ3n) is 4.42. The Hall–Kier alpha value is -2.69. The number of sulfone groups is 1. The topological polar surface area (TPSA) is 99.6 Å². The van der Waals surface area contributed by atoms with Crippen molar-refractivity contribution in [3.63, 3.8) is 0 Å². The molecule has 1 unspecified atom stereocenters. The highest BCUT2D eigenvalue weighted by atomic mass is 32.2. The lowest BCUT2D eigenvalue weighted by Gasteiger charge is -2.15. The normalized spacial score (nSPS) is 16.4. The first-order valence-corrected chi connectivity index (χ1v) is 12.1. The van der Waals surface area contributed by atoms with Crippen LogP contribution in [0.3, 0.4) is 0 Å². The Morgan fingerprint density at radius 3 is 2.73 bits per heavy atom. The average molecular weight is 448 g/mol. The second kappa shape index (κ2) is 8.99. The summed E-state index contributed by atoms with van der Waals surface area (Å²) in [6.07, 6.45) is 6.50. The van der Waals surface area contributed by atoms with Crippen molar-refractivity contribution in [3.8, 4) is 17.2 Å². The first-order chi connectivity index (χ1) is 14.5.